The van der Waals surface area contributed by atoms with Crippen LogP contribution in [0, 0.1) is 11.3 Å². The summed E-state index contributed by atoms with van der Waals surface area (Å²) in [4.78, 5) is 16.3. The molecule has 0 saturated carbocycles. The lowest BCUT2D eigenvalue weighted by Crippen LogP contribution is -2.53. The zero-order chi connectivity index (χ0) is 22.4. The lowest BCUT2D eigenvalue weighted by Gasteiger charge is -2.35. The van der Waals surface area contributed by atoms with Gasteiger partial charge in [0, 0.05) is 38.4 Å². The number of para-hydroxylation sites is 1. The van der Waals surface area contributed by atoms with Crippen LogP contribution >= 0.6 is 0 Å². The number of aliphatic hydroxyl groups excluding tert-OH is 1. The van der Waals surface area contributed by atoms with E-state index in [-0.39, 0.29) is 49.1 Å². The summed E-state index contributed by atoms with van der Waals surface area (Å²) in [6.45, 7) is 2.94. The average Bonchev–Trinajstić information content (AvgIpc) is 2.79. The van der Waals surface area contributed by atoms with Crippen LogP contribution < -0.4 is 4.90 Å². The molecule has 0 aliphatic carbocycles. The lowest BCUT2D eigenvalue weighted by atomic mass is 10.2. The van der Waals surface area contributed by atoms with Gasteiger partial charge in [-0.05, 0) is 31.2 Å². The van der Waals surface area contributed by atoms with Crippen LogP contribution in [-0.4, -0.2) is 74.0 Å². The second kappa shape index (κ2) is 9.92. The van der Waals surface area contributed by atoms with Crippen molar-refractivity contribution in [3.63, 3.8) is 0 Å². The van der Waals surface area contributed by atoms with Crippen LogP contribution in [0.4, 0.5) is 5.69 Å². The van der Waals surface area contributed by atoms with Crippen LogP contribution in [-0.2, 0) is 14.8 Å². The van der Waals surface area contributed by atoms with E-state index in [0.717, 1.165) is 5.69 Å². The fourth-order valence-electron chi connectivity index (χ4n) is 3.58. The smallest absolute Gasteiger partial charge is 0.244 e. The quantitative estimate of drug-likeness (QED) is 0.693. The van der Waals surface area contributed by atoms with Crippen molar-refractivity contribution in [1.29, 1.82) is 5.26 Å². The molecule has 164 valence electrons. The summed E-state index contributed by atoms with van der Waals surface area (Å²) < 4.78 is 27.2. The Morgan fingerprint density at radius 3 is 2.32 bits per heavy atom. The summed E-state index contributed by atoms with van der Waals surface area (Å²) in [7, 11) is -3.81. The largest absolute Gasteiger partial charge is 0.392 e. The minimum atomic E-state index is -3.81. The van der Waals surface area contributed by atoms with Gasteiger partial charge in [-0.1, -0.05) is 30.3 Å². The second-order valence-electron chi connectivity index (χ2n) is 7.46. The molecule has 1 unspecified atom stereocenters. The van der Waals surface area contributed by atoms with Gasteiger partial charge >= 0.3 is 0 Å². The van der Waals surface area contributed by atoms with E-state index in [9.17, 15) is 23.6 Å². The van der Waals surface area contributed by atoms with Crippen LogP contribution in [0.15, 0.2) is 59.5 Å². The number of rotatable bonds is 7. The molecule has 1 saturated heterocycles. The van der Waals surface area contributed by atoms with Gasteiger partial charge in [0.15, 0.2) is 0 Å². The summed E-state index contributed by atoms with van der Waals surface area (Å²) in [6.07, 6.45) is -0.602. The zero-order valence-corrected chi connectivity index (χ0v) is 18.2. The predicted octanol–water partition coefficient (Wildman–Crippen LogP) is 1.28. The SMILES string of the molecule is CC(O)CN(CC(=O)N1CCN(S(=O)(=O)c2ccccc2C#N)CC1)c1ccccc1. The number of amides is 1. The summed E-state index contributed by atoms with van der Waals surface area (Å²) >= 11 is 0. The number of nitrogens with zero attached hydrogens (tertiary/aromatic N) is 4. The predicted molar refractivity (Wildman–Crippen MR) is 117 cm³/mol. The van der Waals surface area contributed by atoms with E-state index in [4.69, 9.17) is 0 Å². The van der Waals surface area contributed by atoms with E-state index >= 15 is 0 Å². The molecule has 1 fully saturated rings. The topological polar surface area (TPSA) is 105 Å². The van der Waals surface area contributed by atoms with Crippen LogP contribution in [0.1, 0.15) is 12.5 Å². The Hall–Kier alpha value is -2.93. The van der Waals surface area contributed by atoms with Gasteiger partial charge in [0.05, 0.1) is 23.1 Å². The van der Waals surface area contributed by atoms with Crippen molar-refractivity contribution in [2.45, 2.75) is 17.9 Å². The maximum absolute atomic E-state index is 13.0. The third-order valence-corrected chi connectivity index (χ3v) is 7.11. The van der Waals surface area contributed by atoms with Crippen molar-refractivity contribution in [1.82, 2.24) is 9.21 Å². The molecule has 1 heterocycles. The van der Waals surface area contributed by atoms with Crippen LogP contribution in [0.5, 0.6) is 0 Å². The van der Waals surface area contributed by atoms with Gasteiger partial charge < -0.3 is 14.9 Å². The number of hydrogen-bond donors (Lipinski definition) is 1. The molecule has 9 heteroatoms. The molecule has 1 amide bonds. The van der Waals surface area contributed by atoms with Crippen molar-refractivity contribution >= 4 is 21.6 Å². The number of hydrogen-bond acceptors (Lipinski definition) is 6. The molecule has 1 aliphatic heterocycles. The molecular formula is C22H26N4O4S. The van der Waals surface area contributed by atoms with Gasteiger partial charge in [0.2, 0.25) is 15.9 Å². The molecule has 2 aromatic rings. The Morgan fingerprint density at radius 2 is 1.71 bits per heavy atom. The Bertz CT molecular complexity index is 1040. The maximum atomic E-state index is 13.0. The molecule has 1 atom stereocenters. The summed E-state index contributed by atoms with van der Waals surface area (Å²) in [6, 6.07) is 17.4. The van der Waals surface area contributed by atoms with E-state index < -0.39 is 16.1 Å². The van der Waals surface area contributed by atoms with E-state index in [1.54, 1.807) is 24.0 Å². The zero-order valence-electron chi connectivity index (χ0n) is 17.4. The number of carbonyl (C=O) groups excluding carboxylic acids is 1. The minimum Gasteiger partial charge on any atom is -0.392 e. The highest BCUT2D eigenvalue weighted by Gasteiger charge is 2.32. The molecule has 2 aromatic carbocycles. The van der Waals surface area contributed by atoms with Crippen molar-refractivity contribution in [3.05, 3.63) is 60.2 Å². The highest BCUT2D eigenvalue weighted by molar-refractivity contribution is 7.89. The van der Waals surface area contributed by atoms with Gasteiger partial charge in [-0.15, -0.1) is 0 Å². The molecule has 8 nitrogen and oxygen atoms in total. The highest BCUT2D eigenvalue weighted by atomic mass is 32.2. The molecule has 1 aliphatic rings. The number of sulfonamides is 1. The van der Waals surface area contributed by atoms with Gasteiger partial charge in [-0.25, -0.2) is 8.42 Å². The van der Waals surface area contributed by atoms with Crippen LogP contribution in [0.2, 0.25) is 0 Å². The first-order valence-electron chi connectivity index (χ1n) is 10.1. The van der Waals surface area contributed by atoms with Gasteiger partial charge in [-0.2, -0.15) is 9.57 Å². The number of piperazine rings is 1. The second-order valence-corrected chi connectivity index (χ2v) is 9.36. The first-order chi connectivity index (χ1) is 14.8. The summed E-state index contributed by atoms with van der Waals surface area (Å²) in [5, 5.41) is 19.0. The van der Waals surface area contributed by atoms with Gasteiger partial charge in [0.1, 0.15) is 6.07 Å². The fourth-order valence-corrected chi connectivity index (χ4v) is 5.15. The normalized spacial score (nSPS) is 15.8. The van der Waals surface area contributed by atoms with E-state index in [2.05, 4.69) is 0 Å². The molecule has 0 spiro atoms. The van der Waals surface area contributed by atoms with E-state index in [1.807, 2.05) is 41.3 Å². The van der Waals surface area contributed by atoms with Crippen LogP contribution in [0.25, 0.3) is 0 Å². The number of carbonyl (C=O) groups is 1. The van der Waals surface area contributed by atoms with Gasteiger partial charge in [-0.3, -0.25) is 4.79 Å². The third-order valence-electron chi connectivity index (χ3n) is 5.15. The number of aliphatic hydroxyl groups is 1. The standard InChI is InChI=1S/C22H26N4O4S/c1-18(27)16-25(20-8-3-2-4-9-20)17-22(28)24-11-13-26(14-12-24)31(29,30)21-10-6-5-7-19(21)15-23/h2-10,18,27H,11-14,16-17H2,1H3. The van der Waals surface area contributed by atoms with Crippen molar-refractivity contribution in [2.75, 3.05) is 44.2 Å². The first-order valence-corrected chi connectivity index (χ1v) is 11.5. The number of benzene rings is 2. The van der Waals surface area contributed by atoms with Crippen molar-refractivity contribution in [2.24, 2.45) is 0 Å². The fraction of sp³-hybridized carbons (Fsp3) is 0.364. The first kappa shape index (κ1) is 22.7. The lowest BCUT2D eigenvalue weighted by molar-refractivity contribution is -0.130. The highest BCUT2D eigenvalue weighted by Crippen LogP contribution is 2.21. The Balaban J connectivity index is 1.66. The van der Waals surface area contributed by atoms with E-state index in [0.29, 0.717) is 6.54 Å². The Labute approximate surface area is 183 Å². The van der Waals surface area contributed by atoms with Gasteiger partial charge in [0.25, 0.3) is 0 Å². The molecular weight excluding hydrogens is 416 g/mol. The molecule has 0 radical (unpaired) electrons. The Morgan fingerprint density at radius 1 is 1.10 bits per heavy atom. The van der Waals surface area contributed by atoms with E-state index in [1.165, 1.54) is 16.4 Å². The molecule has 3 rings (SSSR count). The average molecular weight is 443 g/mol. The number of anilines is 1. The molecule has 0 aromatic heterocycles. The summed E-state index contributed by atoms with van der Waals surface area (Å²) in [5.41, 5.74) is 0.948. The van der Waals surface area contributed by atoms with Crippen molar-refractivity contribution in [3.8, 4) is 6.07 Å². The third kappa shape index (κ3) is 5.41. The molecule has 31 heavy (non-hydrogen) atoms. The minimum absolute atomic E-state index is 0.00976. The monoisotopic (exact) mass is 442 g/mol. The molecule has 1 N–H and O–H groups in total. The maximum Gasteiger partial charge on any atom is 0.244 e. The summed E-state index contributed by atoms with van der Waals surface area (Å²) in [5.74, 6) is -0.126. The van der Waals surface area contributed by atoms with Crippen LogP contribution in [0.3, 0.4) is 0 Å². The number of nitriles is 1. The Kier molecular flexibility index (Phi) is 7.28. The molecule has 0 bridgehead atoms. The van der Waals surface area contributed by atoms with Crippen molar-refractivity contribution < 1.29 is 18.3 Å².